The minimum Gasteiger partial charge on any atom is -0.383 e. The van der Waals surface area contributed by atoms with Crippen LogP contribution in [0.3, 0.4) is 0 Å². The first-order valence-electron chi connectivity index (χ1n) is 4.63. The summed E-state index contributed by atoms with van der Waals surface area (Å²) in [4.78, 5) is 29.0. The molecular weight excluding hydrogens is 200 g/mol. The van der Waals surface area contributed by atoms with Crippen LogP contribution >= 0.6 is 0 Å². The molecule has 82 valence electrons. The first-order valence-corrected chi connectivity index (χ1v) is 4.63. The van der Waals surface area contributed by atoms with Crippen molar-refractivity contribution < 1.29 is 9.53 Å². The summed E-state index contributed by atoms with van der Waals surface area (Å²) >= 11 is 0. The molecule has 0 atom stereocenters. The Bertz CT molecular complexity index is 416. The summed E-state index contributed by atoms with van der Waals surface area (Å²) in [7, 11) is 0. The predicted molar refractivity (Wildman–Crippen MR) is 52.5 cm³/mol. The van der Waals surface area contributed by atoms with E-state index < -0.39 is 5.69 Å². The Morgan fingerprint density at radius 1 is 1.33 bits per heavy atom. The zero-order valence-electron chi connectivity index (χ0n) is 8.08. The third-order valence-corrected chi connectivity index (χ3v) is 2.27. The summed E-state index contributed by atoms with van der Waals surface area (Å²) in [6, 6.07) is 0. The second kappa shape index (κ2) is 3.77. The van der Waals surface area contributed by atoms with Gasteiger partial charge in [0.1, 0.15) is 11.5 Å². The van der Waals surface area contributed by atoms with Gasteiger partial charge < -0.3 is 15.4 Å². The van der Waals surface area contributed by atoms with Gasteiger partial charge in [0.2, 0.25) is 0 Å². The Morgan fingerprint density at radius 2 is 2.00 bits per heavy atom. The monoisotopic (exact) mass is 212 g/mol. The fourth-order valence-electron chi connectivity index (χ4n) is 1.49. The summed E-state index contributed by atoms with van der Waals surface area (Å²) in [5.41, 5.74) is 5.14. The Balaban J connectivity index is 2.19. The van der Waals surface area contributed by atoms with E-state index in [1.54, 1.807) is 4.90 Å². The van der Waals surface area contributed by atoms with Crippen LogP contribution in [0.15, 0.2) is 4.79 Å². The smallest absolute Gasteiger partial charge is 0.325 e. The molecule has 0 spiro atoms. The molecule has 1 fully saturated rings. The second-order valence-electron chi connectivity index (χ2n) is 3.27. The quantitative estimate of drug-likeness (QED) is 0.541. The molecule has 0 saturated carbocycles. The van der Waals surface area contributed by atoms with Gasteiger partial charge in [-0.1, -0.05) is 0 Å². The van der Waals surface area contributed by atoms with Crippen LogP contribution in [0.2, 0.25) is 0 Å². The average molecular weight is 212 g/mol. The van der Waals surface area contributed by atoms with Crippen LogP contribution in [-0.4, -0.2) is 47.1 Å². The molecule has 1 amide bonds. The molecule has 0 aliphatic carbocycles. The van der Waals surface area contributed by atoms with Crippen molar-refractivity contribution in [3.63, 3.8) is 0 Å². The fourth-order valence-corrected chi connectivity index (χ4v) is 1.49. The van der Waals surface area contributed by atoms with Crippen molar-refractivity contribution in [1.29, 1.82) is 0 Å². The fraction of sp³-hybridized carbons (Fsp3) is 0.500. The standard InChI is InChI=1S/C8H12N4O3/c9-6-5(10-8(14)11-6)7(13)12-1-3-15-4-2-12/h1-4,9H2,(H2,10,11,14). The number of nitrogens with two attached hydrogens (primary N) is 1. The Labute approximate surface area is 85.2 Å². The lowest BCUT2D eigenvalue weighted by Crippen LogP contribution is -2.41. The highest BCUT2D eigenvalue weighted by molar-refractivity contribution is 5.96. The zero-order valence-corrected chi connectivity index (χ0v) is 8.08. The first-order chi connectivity index (χ1) is 7.18. The van der Waals surface area contributed by atoms with Gasteiger partial charge in [-0.05, 0) is 0 Å². The van der Waals surface area contributed by atoms with Crippen LogP contribution in [0.4, 0.5) is 5.82 Å². The van der Waals surface area contributed by atoms with E-state index in [0.29, 0.717) is 26.3 Å². The number of ether oxygens (including phenoxy) is 1. The molecule has 1 aromatic heterocycles. The molecular formula is C8H12N4O3. The van der Waals surface area contributed by atoms with E-state index in [0.717, 1.165) is 0 Å². The Kier molecular flexibility index (Phi) is 2.46. The molecule has 1 saturated heterocycles. The average Bonchev–Trinajstić information content (AvgIpc) is 2.58. The highest BCUT2D eigenvalue weighted by Gasteiger charge is 2.22. The van der Waals surface area contributed by atoms with E-state index in [-0.39, 0.29) is 17.4 Å². The molecule has 1 aromatic rings. The molecule has 1 aliphatic rings. The van der Waals surface area contributed by atoms with Crippen LogP contribution in [0, 0.1) is 0 Å². The van der Waals surface area contributed by atoms with E-state index in [9.17, 15) is 9.59 Å². The number of aromatic amines is 2. The van der Waals surface area contributed by atoms with Crippen LogP contribution in [-0.2, 0) is 4.74 Å². The van der Waals surface area contributed by atoms with Crippen molar-refractivity contribution in [1.82, 2.24) is 14.9 Å². The molecule has 0 radical (unpaired) electrons. The number of carbonyl (C=O) groups excluding carboxylic acids is 1. The highest BCUT2D eigenvalue weighted by Crippen LogP contribution is 2.08. The molecule has 0 unspecified atom stereocenters. The lowest BCUT2D eigenvalue weighted by Gasteiger charge is -2.26. The number of amides is 1. The van der Waals surface area contributed by atoms with Crippen LogP contribution in [0.25, 0.3) is 0 Å². The van der Waals surface area contributed by atoms with E-state index in [2.05, 4.69) is 9.97 Å². The summed E-state index contributed by atoms with van der Waals surface area (Å²) in [6.45, 7) is 2.07. The lowest BCUT2D eigenvalue weighted by atomic mass is 10.3. The van der Waals surface area contributed by atoms with Crippen molar-refractivity contribution in [3.05, 3.63) is 16.2 Å². The van der Waals surface area contributed by atoms with Gasteiger partial charge in [0.25, 0.3) is 5.91 Å². The number of aromatic nitrogens is 2. The SMILES string of the molecule is Nc1[nH]c(=O)[nH]c1C(=O)N1CCOCC1. The Morgan fingerprint density at radius 3 is 2.53 bits per heavy atom. The van der Waals surface area contributed by atoms with Crippen LogP contribution < -0.4 is 11.4 Å². The third-order valence-electron chi connectivity index (χ3n) is 2.27. The molecule has 0 bridgehead atoms. The number of anilines is 1. The summed E-state index contributed by atoms with van der Waals surface area (Å²) < 4.78 is 5.12. The van der Waals surface area contributed by atoms with Crippen molar-refractivity contribution in [2.75, 3.05) is 32.0 Å². The number of hydrogen-bond donors (Lipinski definition) is 3. The number of hydrogen-bond acceptors (Lipinski definition) is 4. The number of imidazole rings is 1. The number of nitrogen functional groups attached to an aromatic ring is 1. The molecule has 1 aliphatic heterocycles. The number of carbonyl (C=O) groups is 1. The van der Waals surface area contributed by atoms with E-state index >= 15 is 0 Å². The third kappa shape index (κ3) is 1.86. The van der Waals surface area contributed by atoms with E-state index in [1.807, 2.05) is 0 Å². The molecule has 2 rings (SSSR count). The summed E-state index contributed by atoms with van der Waals surface area (Å²) in [5, 5.41) is 0. The Hall–Kier alpha value is -1.76. The van der Waals surface area contributed by atoms with Gasteiger partial charge in [-0.2, -0.15) is 0 Å². The van der Waals surface area contributed by atoms with Crippen LogP contribution in [0.1, 0.15) is 10.5 Å². The molecule has 7 nitrogen and oxygen atoms in total. The van der Waals surface area contributed by atoms with E-state index in [4.69, 9.17) is 10.5 Å². The van der Waals surface area contributed by atoms with Crippen LogP contribution in [0.5, 0.6) is 0 Å². The van der Waals surface area contributed by atoms with Gasteiger partial charge in [-0.15, -0.1) is 0 Å². The van der Waals surface area contributed by atoms with Gasteiger partial charge in [0, 0.05) is 13.1 Å². The number of nitrogens with one attached hydrogen (secondary N) is 2. The first kappa shape index (κ1) is 9.78. The maximum Gasteiger partial charge on any atom is 0.325 e. The zero-order chi connectivity index (χ0) is 10.8. The summed E-state index contributed by atoms with van der Waals surface area (Å²) in [6.07, 6.45) is 0. The predicted octanol–water partition coefficient (Wildman–Crippen LogP) is -1.24. The second-order valence-corrected chi connectivity index (χ2v) is 3.27. The molecule has 7 heteroatoms. The summed E-state index contributed by atoms with van der Waals surface area (Å²) in [5.74, 6) is -0.189. The molecule has 0 aromatic carbocycles. The van der Waals surface area contributed by atoms with Crippen molar-refractivity contribution in [2.24, 2.45) is 0 Å². The topological polar surface area (TPSA) is 104 Å². The van der Waals surface area contributed by atoms with Gasteiger partial charge in [0.05, 0.1) is 13.2 Å². The van der Waals surface area contributed by atoms with Gasteiger partial charge >= 0.3 is 5.69 Å². The lowest BCUT2D eigenvalue weighted by molar-refractivity contribution is 0.0300. The maximum absolute atomic E-state index is 11.8. The molecule has 2 heterocycles. The number of morpholine rings is 1. The minimum absolute atomic E-state index is 0.0801. The largest absolute Gasteiger partial charge is 0.383 e. The van der Waals surface area contributed by atoms with Gasteiger partial charge in [0.15, 0.2) is 0 Å². The number of rotatable bonds is 1. The number of H-pyrrole nitrogens is 2. The van der Waals surface area contributed by atoms with Crippen molar-refractivity contribution in [2.45, 2.75) is 0 Å². The van der Waals surface area contributed by atoms with Crippen molar-refractivity contribution in [3.8, 4) is 0 Å². The maximum atomic E-state index is 11.8. The highest BCUT2D eigenvalue weighted by atomic mass is 16.5. The van der Waals surface area contributed by atoms with Crippen molar-refractivity contribution >= 4 is 11.7 Å². The van der Waals surface area contributed by atoms with Gasteiger partial charge in [-0.3, -0.25) is 14.8 Å². The van der Waals surface area contributed by atoms with Gasteiger partial charge in [-0.25, -0.2) is 4.79 Å². The van der Waals surface area contributed by atoms with E-state index in [1.165, 1.54) is 0 Å². The normalized spacial score (nSPS) is 16.7. The minimum atomic E-state index is -0.468. The molecule has 15 heavy (non-hydrogen) atoms. The number of nitrogens with zero attached hydrogens (tertiary/aromatic N) is 1. The molecule has 4 N–H and O–H groups in total.